The fourth-order valence-electron chi connectivity index (χ4n) is 2.40. The Morgan fingerprint density at radius 2 is 1.76 bits per heavy atom. The van der Waals surface area contributed by atoms with Crippen molar-refractivity contribution in [3.8, 4) is 5.75 Å². The van der Waals surface area contributed by atoms with Crippen molar-refractivity contribution in [2.24, 2.45) is 5.92 Å². The van der Waals surface area contributed by atoms with E-state index in [1.54, 1.807) is 0 Å². The van der Waals surface area contributed by atoms with Crippen molar-refractivity contribution in [3.05, 3.63) is 24.8 Å². The van der Waals surface area contributed by atoms with Crippen LogP contribution in [-0.2, 0) is 9.53 Å². The van der Waals surface area contributed by atoms with Gasteiger partial charge >= 0.3 is 5.97 Å². The molecule has 114 valence electrons. The van der Waals surface area contributed by atoms with Gasteiger partial charge in [-0.2, -0.15) is 0 Å². The zero-order valence-corrected chi connectivity index (χ0v) is 15.3. The van der Waals surface area contributed by atoms with Crippen LogP contribution >= 0.6 is 45.2 Å². The summed E-state index contributed by atoms with van der Waals surface area (Å²) in [4.78, 5) is 23.3. The van der Waals surface area contributed by atoms with E-state index in [9.17, 15) is 19.8 Å². The van der Waals surface area contributed by atoms with Gasteiger partial charge in [-0.25, -0.2) is 4.79 Å². The van der Waals surface area contributed by atoms with Crippen molar-refractivity contribution in [3.63, 3.8) is 0 Å². The molecule has 2 rings (SSSR count). The van der Waals surface area contributed by atoms with Gasteiger partial charge in [-0.15, -0.1) is 0 Å². The Morgan fingerprint density at radius 1 is 1.19 bits per heavy atom. The second kappa shape index (κ2) is 7.12. The normalized spacial score (nSPS) is 21.8. The largest absolute Gasteiger partial charge is 0.550 e. The number of ether oxygens (including phenoxy) is 1. The van der Waals surface area contributed by atoms with Gasteiger partial charge in [0.1, 0.15) is 11.9 Å². The number of phenolic OH excluding ortho intramolecular Hbond substituents is 1. The third-order valence-electron chi connectivity index (χ3n) is 3.52. The first-order valence-electron chi connectivity index (χ1n) is 6.50. The maximum Gasteiger partial charge on any atom is 0.338 e. The molecule has 0 aromatic heterocycles. The minimum absolute atomic E-state index is 0.123. The van der Waals surface area contributed by atoms with Gasteiger partial charge in [0.15, 0.2) is 0 Å². The third kappa shape index (κ3) is 3.99. The SMILES string of the molecule is O=C(OC1CCCCC1C(=O)[O-])c1cc(I)c(O)c(I)c1. The molecule has 1 N–H and O–H groups in total. The predicted molar refractivity (Wildman–Crippen MR) is 89.7 cm³/mol. The zero-order chi connectivity index (χ0) is 15.6. The molecule has 0 amide bonds. The van der Waals surface area contributed by atoms with E-state index in [1.807, 2.05) is 45.2 Å². The van der Waals surface area contributed by atoms with Crippen molar-refractivity contribution in [1.82, 2.24) is 0 Å². The monoisotopic (exact) mass is 515 g/mol. The smallest absolute Gasteiger partial charge is 0.338 e. The van der Waals surface area contributed by atoms with Gasteiger partial charge in [-0.3, -0.25) is 0 Å². The predicted octanol–water partition coefficient (Wildman–Crippen LogP) is 2.07. The van der Waals surface area contributed by atoms with E-state index >= 15 is 0 Å². The molecule has 1 aliphatic rings. The molecule has 1 saturated carbocycles. The number of benzene rings is 1. The number of hydrogen-bond acceptors (Lipinski definition) is 5. The highest BCUT2D eigenvalue weighted by Crippen LogP contribution is 2.30. The summed E-state index contributed by atoms with van der Waals surface area (Å²) in [5.74, 6) is -2.35. The summed E-state index contributed by atoms with van der Waals surface area (Å²) >= 11 is 3.86. The van der Waals surface area contributed by atoms with Crippen LogP contribution in [-0.4, -0.2) is 23.1 Å². The molecule has 0 aliphatic heterocycles. The molecule has 1 aliphatic carbocycles. The molecule has 0 heterocycles. The number of esters is 1. The van der Waals surface area contributed by atoms with Gasteiger partial charge in [-0.05, 0) is 76.6 Å². The van der Waals surface area contributed by atoms with E-state index < -0.39 is 24.0 Å². The highest BCUT2D eigenvalue weighted by molar-refractivity contribution is 14.1. The number of rotatable bonds is 3. The number of carbonyl (C=O) groups excluding carboxylic acids is 2. The van der Waals surface area contributed by atoms with Crippen LogP contribution in [0.5, 0.6) is 5.75 Å². The number of aliphatic carboxylic acids is 1. The first-order valence-corrected chi connectivity index (χ1v) is 8.65. The molecule has 0 spiro atoms. The number of carboxylic acid groups (broad SMARTS) is 1. The summed E-state index contributed by atoms with van der Waals surface area (Å²) in [7, 11) is 0. The van der Waals surface area contributed by atoms with Gasteiger partial charge in [0.2, 0.25) is 0 Å². The lowest BCUT2D eigenvalue weighted by Crippen LogP contribution is -2.42. The molecular weight excluding hydrogens is 502 g/mol. The van der Waals surface area contributed by atoms with Gasteiger partial charge in [0.05, 0.1) is 12.7 Å². The van der Waals surface area contributed by atoms with Crippen molar-refractivity contribution >= 4 is 57.1 Å². The van der Waals surface area contributed by atoms with Gasteiger partial charge < -0.3 is 19.7 Å². The van der Waals surface area contributed by atoms with Crippen molar-refractivity contribution < 1.29 is 24.5 Å². The summed E-state index contributed by atoms with van der Waals surface area (Å²) in [6.07, 6.45) is 2.02. The Hall–Kier alpha value is -0.580. The second-order valence-corrected chi connectivity index (χ2v) is 7.27. The first-order chi connectivity index (χ1) is 9.90. The van der Waals surface area contributed by atoms with Crippen LogP contribution in [0, 0.1) is 13.1 Å². The topological polar surface area (TPSA) is 86.7 Å². The molecular formula is C14H13I2O5-. The molecule has 1 aromatic carbocycles. The first kappa shape index (κ1) is 16.8. The average molecular weight is 515 g/mol. The van der Waals surface area contributed by atoms with Crippen LogP contribution in [0.3, 0.4) is 0 Å². The summed E-state index contributed by atoms with van der Waals surface area (Å²) in [5, 5.41) is 20.8. The Bertz CT molecular complexity index is 549. The van der Waals surface area contributed by atoms with Crippen LogP contribution in [0.2, 0.25) is 0 Å². The number of halogens is 2. The molecule has 0 bridgehead atoms. The second-order valence-electron chi connectivity index (χ2n) is 4.94. The van der Waals surface area contributed by atoms with Crippen molar-refractivity contribution in [1.29, 1.82) is 0 Å². The molecule has 0 radical (unpaired) electrons. The van der Waals surface area contributed by atoms with E-state index in [0.717, 1.165) is 12.8 Å². The lowest BCUT2D eigenvalue weighted by atomic mass is 9.86. The number of phenols is 1. The van der Waals surface area contributed by atoms with Crippen LogP contribution in [0.4, 0.5) is 0 Å². The zero-order valence-electron chi connectivity index (χ0n) is 11.0. The number of carboxylic acids is 1. The quantitative estimate of drug-likeness (QED) is 0.493. The standard InChI is InChI=1S/C14H14I2O5/c15-9-5-7(6-10(16)12(9)17)14(20)21-11-4-2-1-3-8(11)13(18)19/h5-6,8,11,17H,1-4H2,(H,18,19)/p-1. The van der Waals surface area contributed by atoms with E-state index in [2.05, 4.69) is 0 Å². The van der Waals surface area contributed by atoms with Crippen LogP contribution in [0.25, 0.3) is 0 Å². The van der Waals surface area contributed by atoms with Crippen molar-refractivity contribution in [2.75, 3.05) is 0 Å². The highest BCUT2D eigenvalue weighted by atomic mass is 127. The molecule has 1 aromatic rings. The van der Waals surface area contributed by atoms with E-state index in [4.69, 9.17) is 4.74 Å². The van der Waals surface area contributed by atoms with Gasteiger partial charge in [-0.1, -0.05) is 6.42 Å². The Labute approximate surface area is 149 Å². The number of carbonyl (C=O) groups is 2. The van der Waals surface area contributed by atoms with E-state index in [-0.39, 0.29) is 5.75 Å². The van der Waals surface area contributed by atoms with Crippen LogP contribution < -0.4 is 5.11 Å². The van der Waals surface area contributed by atoms with Crippen LogP contribution in [0.1, 0.15) is 36.0 Å². The molecule has 2 atom stereocenters. The number of hydrogen-bond donors (Lipinski definition) is 1. The van der Waals surface area contributed by atoms with Crippen molar-refractivity contribution in [2.45, 2.75) is 31.8 Å². The molecule has 21 heavy (non-hydrogen) atoms. The summed E-state index contributed by atoms with van der Waals surface area (Å²) in [6.45, 7) is 0. The average Bonchev–Trinajstić information content (AvgIpc) is 2.44. The lowest BCUT2D eigenvalue weighted by molar-refractivity contribution is -0.315. The Kier molecular flexibility index (Phi) is 5.69. The third-order valence-corrected chi connectivity index (χ3v) is 5.16. The van der Waals surface area contributed by atoms with E-state index in [1.165, 1.54) is 12.1 Å². The van der Waals surface area contributed by atoms with E-state index in [0.29, 0.717) is 25.5 Å². The fourth-order valence-corrected chi connectivity index (χ4v) is 4.16. The van der Waals surface area contributed by atoms with Gasteiger partial charge in [0.25, 0.3) is 0 Å². The highest BCUT2D eigenvalue weighted by Gasteiger charge is 2.29. The minimum atomic E-state index is -1.16. The van der Waals surface area contributed by atoms with Gasteiger partial charge in [0, 0.05) is 11.9 Å². The molecule has 1 fully saturated rings. The summed E-state index contributed by atoms with van der Waals surface area (Å²) in [6, 6.07) is 3.05. The number of aromatic hydroxyl groups is 1. The van der Waals surface area contributed by atoms with Crippen LogP contribution in [0.15, 0.2) is 12.1 Å². The molecule has 5 nitrogen and oxygen atoms in total. The summed E-state index contributed by atoms with van der Waals surface area (Å²) in [5.41, 5.74) is 0.310. The Balaban J connectivity index is 2.15. The molecule has 7 heteroatoms. The molecule has 2 unspecified atom stereocenters. The molecule has 0 saturated heterocycles. The lowest BCUT2D eigenvalue weighted by Gasteiger charge is -2.31. The fraction of sp³-hybridized carbons (Fsp3) is 0.429. The maximum atomic E-state index is 12.2. The minimum Gasteiger partial charge on any atom is -0.550 e. The summed E-state index contributed by atoms with van der Waals surface area (Å²) < 4.78 is 6.45. The Morgan fingerprint density at radius 3 is 2.33 bits per heavy atom. The maximum absolute atomic E-state index is 12.2.